The first-order valence-corrected chi connectivity index (χ1v) is 7.65. The van der Waals surface area contributed by atoms with E-state index in [-0.39, 0.29) is 16.7 Å². The van der Waals surface area contributed by atoms with Crippen molar-refractivity contribution >= 4 is 17.1 Å². The molecule has 0 aliphatic heterocycles. The lowest BCUT2D eigenvalue weighted by Gasteiger charge is -2.20. The number of benzene rings is 2. The van der Waals surface area contributed by atoms with E-state index < -0.39 is 41.3 Å². The molecule has 3 aromatic rings. The molecular weight excluding hydrogens is 373 g/mol. The van der Waals surface area contributed by atoms with Gasteiger partial charge in [0.1, 0.15) is 17.3 Å². The van der Waals surface area contributed by atoms with Crippen LogP contribution < -0.4 is 10.1 Å². The maximum Gasteiger partial charge on any atom is 0.416 e. The van der Waals surface area contributed by atoms with Crippen LogP contribution in [0.15, 0.2) is 46.9 Å². The summed E-state index contributed by atoms with van der Waals surface area (Å²) in [5, 5.41) is 1.50. The molecule has 9 heteroatoms. The molecule has 1 atom stereocenters. The third-order valence-corrected chi connectivity index (χ3v) is 3.80. The second-order valence-corrected chi connectivity index (χ2v) is 5.68. The number of hydrogen-bond donors (Lipinski definition) is 1. The number of para-hydroxylation sites is 1. The lowest BCUT2D eigenvalue weighted by molar-refractivity contribution is -0.159. The van der Waals surface area contributed by atoms with Gasteiger partial charge in [0.15, 0.2) is 17.4 Å². The number of alkyl halides is 3. The van der Waals surface area contributed by atoms with E-state index in [0.717, 1.165) is 6.07 Å². The number of hydrogen-bond acceptors (Lipinski definition) is 3. The number of ether oxygens (including phenoxy) is 1. The summed E-state index contributed by atoms with van der Waals surface area (Å²) >= 11 is 0. The molecule has 4 nitrogen and oxygen atoms in total. The van der Waals surface area contributed by atoms with Crippen LogP contribution >= 0.6 is 0 Å². The molecule has 0 bridgehead atoms. The van der Waals surface area contributed by atoms with Crippen LogP contribution in [0.1, 0.15) is 17.4 Å². The first-order chi connectivity index (χ1) is 12.7. The standard InChI is InChI=1S/C18H12F5NO3/c1-9-12-7-10(19)8-13(20)15(12)27-14(9)16(18(21,22)23)24-17(25)26-11-5-3-2-4-6-11/h2-8,16H,1H3,(H,24,25)/t16-/m1/s1. The number of carbonyl (C=O) groups is 1. The Morgan fingerprint density at radius 1 is 1.15 bits per heavy atom. The molecule has 142 valence electrons. The van der Waals surface area contributed by atoms with Crippen LogP contribution in [0.3, 0.4) is 0 Å². The van der Waals surface area contributed by atoms with Gasteiger partial charge in [-0.2, -0.15) is 13.2 Å². The van der Waals surface area contributed by atoms with Crippen LogP contribution in [0.25, 0.3) is 11.0 Å². The van der Waals surface area contributed by atoms with Gasteiger partial charge in [-0.15, -0.1) is 0 Å². The molecule has 0 fully saturated rings. The molecule has 1 amide bonds. The van der Waals surface area contributed by atoms with Crippen LogP contribution in [-0.2, 0) is 0 Å². The van der Waals surface area contributed by atoms with Gasteiger partial charge in [0.25, 0.3) is 0 Å². The Hall–Kier alpha value is -3.10. The second-order valence-electron chi connectivity index (χ2n) is 5.68. The minimum atomic E-state index is -4.97. The summed E-state index contributed by atoms with van der Waals surface area (Å²) in [5.74, 6) is -2.83. The molecule has 27 heavy (non-hydrogen) atoms. The lowest BCUT2D eigenvalue weighted by Crippen LogP contribution is -2.39. The molecule has 0 saturated carbocycles. The van der Waals surface area contributed by atoms with Gasteiger partial charge in [-0.1, -0.05) is 18.2 Å². The van der Waals surface area contributed by atoms with E-state index in [4.69, 9.17) is 9.15 Å². The molecule has 0 aliphatic carbocycles. The van der Waals surface area contributed by atoms with Crippen LogP contribution in [0.4, 0.5) is 26.7 Å². The summed E-state index contributed by atoms with van der Waals surface area (Å²) in [6, 6.07) is 6.21. The second kappa shape index (κ2) is 6.90. The van der Waals surface area contributed by atoms with E-state index in [9.17, 15) is 26.7 Å². The zero-order valence-electron chi connectivity index (χ0n) is 13.7. The summed E-state index contributed by atoms with van der Waals surface area (Å²) in [7, 11) is 0. The van der Waals surface area contributed by atoms with Gasteiger partial charge in [-0.05, 0) is 25.1 Å². The molecular formula is C18H12F5NO3. The average molecular weight is 385 g/mol. The minimum absolute atomic E-state index is 0.0327. The van der Waals surface area contributed by atoms with Crippen molar-refractivity contribution in [3.05, 3.63) is 65.4 Å². The van der Waals surface area contributed by atoms with Crippen LogP contribution in [0.5, 0.6) is 5.75 Å². The van der Waals surface area contributed by atoms with Gasteiger partial charge in [-0.25, -0.2) is 13.6 Å². The number of halogens is 5. The maximum atomic E-state index is 13.8. The van der Waals surface area contributed by atoms with E-state index in [1.807, 2.05) is 0 Å². The molecule has 0 saturated heterocycles. The number of rotatable bonds is 3. The molecule has 1 aromatic heterocycles. The Balaban J connectivity index is 1.96. The van der Waals surface area contributed by atoms with Gasteiger partial charge < -0.3 is 14.5 Å². The van der Waals surface area contributed by atoms with Gasteiger partial charge in [0.05, 0.1) is 0 Å². The number of nitrogens with one attached hydrogen (secondary N) is 1. The van der Waals surface area contributed by atoms with Crippen molar-refractivity contribution in [2.24, 2.45) is 0 Å². The van der Waals surface area contributed by atoms with E-state index in [2.05, 4.69) is 0 Å². The fourth-order valence-corrected chi connectivity index (χ4v) is 2.58. The van der Waals surface area contributed by atoms with Crippen LogP contribution in [-0.4, -0.2) is 12.3 Å². The van der Waals surface area contributed by atoms with Crippen molar-refractivity contribution in [1.29, 1.82) is 0 Å². The van der Waals surface area contributed by atoms with Gasteiger partial charge in [0, 0.05) is 17.0 Å². The van der Waals surface area contributed by atoms with Crippen molar-refractivity contribution in [2.75, 3.05) is 0 Å². The number of aryl methyl sites for hydroxylation is 1. The van der Waals surface area contributed by atoms with Crippen molar-refractivity contribution in [2.45, 2.75) is 19.1 Å². The highest BCUT2D eigenvalue weighted by molar-refractivity contribution is 5.83. The molecule has 2 aromatic carbocycles. The molecule has 1 heterocycles. The summed E-state index contributed by atoms with van der Waals surface area (Å²) in [6.07, 6.45) is -6.35. The topological polar surface area (TPSA) is 51.5 Å². The number of carbonyl (C=O) groups excluding carboxylic acids is 1. The van der Waals surface area contributed by atoms with Crippen molar-refractivity contribution in [3.8, 4) is 5.75 Å². The van der Waals surface area contributed by atoms with Crippen molar-refractivity contribution < 1.29 is 35.9 Å². The summed E-state index contributed by atoms with van der Waals surface area (Å²) in [4.78, 5) is 11.9. The quantitative estimate of drug-likeness (QED) is 0.614. The van der Waals surface area contributed by atoms with E-state index >= 15 is 0 Å². The summed E-state index contributed by atoms with van der Waals surface area (Å²) in [5.41, 5.74) is -0.679. The van der Waals surface area contributed by atoms with Gasteiger partial charge in [0.2, 0.25) is 0 Å². The Morgan fingerprint density at radius 2 is 1.81 bits per heavy atom. The number of furan rings is 1. The monoisotopic (exact) mass is 385 g/mol. The van der Waals surface area contributed by atoms with E-state index in [0.29, 0.717) is 6.07 Å². The third-order valence-electron chi connectivity index (χ3n) is 3.80. The van der Waals surface area contributed by atoms with Crippen molar-refractivity contribution in [3.63, 3.8) is 0 Å². The Labute approximate surface area is 149 Å². The average Bonchev–Trinajstić information content (AvgIpc) is 2.90. The maximum absolute atomic E-state index is 13.8. The van der Waals surface area contributed by atoms with E-state index in [1.54, 1.807) is 11.4 Å². The summed E-state index contributed by atoms with van der Waals surface area (Å²) in [6.45, 7) is 1.21. The molecule has 1 N–H and O–H groups in total. The zero-order chi connectivity index (χ0) is 19.8. The highest BCUT2D eigenvalue weighted by Gasteiger charge is 2.46. The predicted molar refractivity (Wildman–Crippen MR) is 85.3 cm³/mol. The Kier molecular flexibility index (Phi) is 4.77. The molecule has 0 spiro atoms. The zero-order valence-corrected chi connectivity index (χ0v) is 13.7. The fraction of sp³-hybridized carbons (Fsp3) is 0.167. The normalized spacial score (nSPS) is 12.8. The smallest absolute Gasteiger partial charge is 0.416 e. The fourth-order valence-electron chi connectivity index (χ4n) is 2.58. The lowest BCUT2D eigenvalue weighted by atomic mass is 10.1. The Bertz CT molecular complexity index is 982. The highest BCUT2D eigenvalue weighted by Crippen LogP contribution is 2.39. The number of fused-ring (bicyclic) bond motifs is 1. The van der Waals surface area contributed by atoms with Gasteiger partial charge >= 0.3 is 12.3 Å². The first-order valence-electron chi connectivity index (χ1n) is 7.65. The van der Waals surface area contributed by atoms with Gasteiger partial charge in [-0.3, -0.25) is 0 Å². The Morgan fingerprint density at radius 3 is 2.44 bits per heavy atom. The SMILES string of the molecule is Cc1c([C@@H](NC(=O)Oc2ccccc2)C(F)(F)F)oc2c(F)cc(F)cc12. The summed E-state index contributed by atoms with van der Waals surface area (Å²) < 4.78 is 77.5. The van der Waals surface area contributed by atoms with Crippen LogP contribution in [0, 0.1) is 18.6 Å². The van der Waals surface area contributed by atoms with Crippen LogP contribution in [0.2, 0.25) is 0 Å². The van der Waals surface area contributed by atoms with E-state index in [1.165, 1.54) is 31.2 Å². The largest absolute Gasteiger partial charge is 0.455 e. The minimum Gasteiger partial charge on any atom is -0.455 e. The third kappa shape index (κ3) is 3.86. The highest BCUT2D eigenvalue weighted by atomic mass is 19.4. The number of amides is 1. The molecule has 0 unspecified atom stereocenters. The molecule has 3 rings (SSSR count). The predicted octanol–water partition coefficient (Wildman–Crippen LogP) is 5.41. The molecule has 0 radical (unpaired) electrons. The molecule has 0 aliphatic rings. The first kappa shape index (κ1) is 18.7. The van der Waals surface area contributed by atoms with Crippen molar-refractivity contribution in [1.82, 2.24) is 5.32 Å².